The van der Waals surface area contributed by atoms with Gasteiger partial charge in [0.1, 0.15) is 5.75 Å². The molecule has 148 valence electrons. The third-order valence-corrected chi connectivity index (χ3v) is 4.89. The molecule has 0 radical (unpaired) electrons. The van der Waals surface area contributed by atoms with Crippen LogP contribution in [0.3, 0.4) is 0 Å². The van der Waals surface area contributed by atoms with Crippen LogP contribution >= 0.6 is 0 Å². The Hall–Kier alpha value is -2.41. The van der Waals surface area contributed by atoms with E-state index >= 15 is 0 Å². The first kappa shape index (κ1) is 20.9. The number of hydrogen-bond donors (Lipinski definition) is 2. The Morgan fingerprint density at radius 1 is 1.19 bits per heavy atom. The van der Waals surface area contributed by atoms with Crippen LogP contribution in [0, 0.1) is 11.8 Å². The summed E-state index contributed by atoms with van der Waals surface area (Å²) in [7, 11) is 1.56. The minimum absolute atomic E-state index is 0.0215. The second kappa shape index (κ2) is 10.7. The van der Waals surface area contributed by atoms with Crippen LogP contribution < -0.4 is 10.1 Å². The molecule has 1 aromatic rings. The van der Waals surface area contributed by atoms with E-state index in [2.05, 4.69) is 5.32 Å². The van der Waals surface area contributed by atoms with Gasteiger partial charge in [-0.05, 0) is 49.4 Å². The summed E-state index contributed by atoms with van der Waals surface area (Å²) in [6, 6.07) is 6.85. The second-order valence-corrected chi connectivity index (χ2v) is 6.70. The number of methoxy groups -OCH3 is 1. The molecule has 1 amide bonds. The standard InChI is InChI=1S/C20H27NO6/c1-26-16-7-5-15(6-8-16)18(22)3-2-4-19(23)21-13-17(20(24)25)14-9-11-27-12-10-14/h5-8,14,17H,2-4,9-13H2,1H3,(H,21,23)(H,24,25). The Morgan fingerprint density at radius 3 is 2.44 bits per heavy atom. The van der Waals surface area contributed by atoms with Gasteiger partial charge < -0.3 is 19.9 Å². The normalized spacial score (nSPS) is 15.7. The largest absolute Gasteiger partial charge is 0.497 e. The lowest BCUT2D eigenvalue weighted by molar-refractivity contribution is -0.145. The first-order valence-electron chi connectivity index (χ1n) is 9.25. The predicted octanol–water partition coefficient (Wildman–Crippen LogP) is 2.29. The van der Waals surface area contributed by atoms with Gasteiger partial charge in [0.2, 0.25) is 5.91 Å². The van der Waals surface area contributed by atoms with E-state index in [1.54, 1.807) is 31.4 Å². The topological polar surface area (TPSA) is 102 Å². The minimum Gasteiger partial charge on any atom is -0.497 e. The fourth-order valence-corrected chi connectivity index (χ4v) is 3.22. The molecule has 2 N–H and O–H groups in total. The van der Waals surface area contributed by atoms with Crippen molar-refractivity contribution in [2.75, 3.05) is 26.9 Å². The molecule has 0 bridgehead atoms. The number of ether oxygens (including phenoxy) is 2. The maximum atomic E-state index is 12.1. The van der Waals surface area contributed by atoms with Crippen molar-refractivity contribution in [3.63, 3.8) is 0 Å². The van der Waals surface area contributed by atoms with Crippen molar-refractivity contribution in [2.24, 2.45) is 11.8 Å². The van der Waals surface area contributed by atoms with Gasteiger partial charge in [-0.1, -0.05) is 0 Å². The summed E-state index contributed by atoms with van der Waals surface area (Å²) in [5.74, 6) is -1.04. The number of carbonyl (C=O) groups excluding carboxylic acids is 2. The summed E-state index contributed by atoms with van der Waals surface area (Å²) < 4.78 is 10.3. The van der Waals surface area contributed by atoms with E-state index in [9.17, 15) is 19.5 Å². The molecule has 1 aliphatic heterocycles. The lowest BCUT2D eigenvalue weighted by Crippen LogP contribution is -2.38. The van der Waals surface area contributed by atoms with Gasteiger partial charge in [0, 0.05) is 38.2 Å². The number of Topliss-reactive ketones (excluding diaryl/α,β-unsaturated/α-hetero) is 1. The van der Waals surface area contributed by atoms with Gasteiger partial charge in [-0.25, -0.2) is 0 Å². The van der Waals surface area contributed by atoms with E-state index in [0.29, 0.717) is 43.8 Å². The van der Waals surface area contributed by atoms with Crippen LogP contribution in [-0.4, -0.2) is 49.6 Å². The zero-order chi connectivity index (χ0) is 19.6. The van der Waals surface area contributed by atoms with Gasteiger partial charge in [0.05, 0.1) is 13.0 Å². The van der Waals surface area contributed by atoms with Gasteiger partial charge in [-0.15, -0.1) is 0 Å². The first-order valence-corrected chi connectivity index (χ1v) is 9.25. The molecule has 2 rings (SSSR count). The molecule has 1 aliphatic rings. The number of benzene rings is 1. The van der Waals surface area contributed by atoms with Crippen LogP contribution in [-0.2, 0) is 14.3 Å². The van der Waals surface area contributed by atoms with Crippen molar-refractivity contribution in [1.82, 2.24) is 5.32 Å². The zero-order valence-electron chi connectivity index (χ0n) is 15.6. The number of ketones is 1. The SMILES string of the molecule is COc1ccc(C(=O)CCCC(=O)NCC(C(=O)O)C2CCOCC2)cc1. The van der Waals surface area contributed by atoms with Crippen molar-refractivity contribution in [2.45, 2.75) is 32.1 Å². The summed E-state index contributed by atoms with van der Waals surface area (Å²) in [5.41, 5.74) is 0.585. The smallest absolute Gasteiger partial charge is 0.308 e. The predicted molar refractivity (Wildman–Crippen MR) is 98.9 cm³/mol. The fourth-order valence-electron chi connectivity index (χ4n) is 3.22. The van der Waals surface area contributed by atoms with E-state index in [1.165, 1.54) is 0 Å². The molecule has 1 aromatic carbocycles. The van der Waals surface area contributed by atoms with Crippen LogP contribution in [0.4, 0.5) is 0 Å². The highest BCUT2D eigenvalue weighted by Crippen LogP contribution is 2.23. The van der Waals surface area contributed by atoms with Gasteiger partial charge in [0.25, 0.3) is 0 Å². The Balaban J connectivity index is 1.71. The highest BCUT2D eigenvalue weighted by Gasteiger charge is 2.29. The third-order valence-electron chi connectivity index (χ3n) is 4.89. The van der Waals surface area contributed by atoms with E-state index < -0.39 is 11.9 Å². The van der Waals surface area contributed by atoms with Gasteiger partial charge in [-0.3, -0.25) is 14.4 Å². The molecule has 7 heteroatoms. The molecule has 1 heterocycles. The number of amides is 1. The van der Waals surface area contributed by atoms with Crippen LogP contribution in [0.5, 0.6) is 5.75 Å². The Labute approximate surface area is 159 Å². The summed E-state index contributed by atoms with van der Waals surface area (Å²) in [4.78, 5) is 35.6. The number of carboxylic acid groups (broad SMARTS) is 1. The van der Waals surface area contributed by atoms with E-state index in [-0.39, 0.29) is 37.0 Å². The van der Waals surface area contributed by atoms with Crippen LogP contribution in [0.2, 0.25) is 0 Å². The highest BCUT2D eigenvalue weighted by molar-refractivity contribution is 5.96. The second-order valence-electron chi connectivity index (χ2n) is 6.70. The molecule has 0 aliphatic carbocycles. The van der Waals surface area contributed by atoms with Gasteiger partial charge in [0.15, 0.2) is 5.78 Å². The van der Waals surface area contributed by atoms with E-state index in [0.717, 1.165) is 0 Å². The Bertz CT molecular complexity index is 636. The van der Waals surface area contributed by atoms with Crippen molar-refractivity contribution in [3.05, 3.63) is 29.8 Å². The maximum absolute atomic E-state index is 12.1. The van der Waals surface area contributed by atoms with Gasteiger partial charge in [-0.2, -0.15) is 0 Å². The molecule has 1 unspecified atom stereocenters. The lowest BCUT2D eigenvalue weighted by atomic mass is 9.86. The minimum atomic E-state index is -0.892. The molecule has 0 aromatic heterocycles. The molecule has 0 spiro atoms. The zero-order valence-corrected chi connectivity index (χ0v) is 15.6. The Morgan fingerprint density at radius 2 is 1.85 bits per heavy atom. The molecule has 1 atom stereocenters. The average molecular weight is 377 g/mol. The molecular formula is C20H27NO6. The molecule has 7 nitrogen and oxygen atoms in total. The summed E-state index contributed by atoms with van der Waals surface area (Å²) in [5, 5.41) is 12.1. The van der Waals surface area contributed by atoms with Crippen molar-refractivity contribution >= 4 is 17.7 Å². The highest BCUT2D eigenvalue weighted by atomic mass is 16.5. The quantitative estimate of drug-likeness (QED) is 0.607. The summed E-state index contributed by atoms with van der Waals surface area (Å²) in [6.07, 6.45) is 2.28. The van der Waals surface area contributed by atoms with Crippen molar-refractivity contribution in [1.29, 1.82) is 0 Å². The number of nitrogens with one attached hydrogen (secondary N) is 1. The summed E-state index contributed by atoms with van der Waals surface area (Å²) >= 11 is 0. The van der Waals surface area contributed by atoms with Crippen LogP contribution in [0.15, 0.2) is 24.3 Å². The third kappa shape index (κ3) is 6.67. The molecular weight excluding hydrogens is 350 g/mol. The average Bonchev–Trinajstić information content (AvgIpc) is 2.68. The number of rotatable bonds is 10. The molecule has 0 saturated carbocycles. The Kier molecular flexibility index (Phi) is 8.26. The van der Waals surface area contributed by atoms with E-state index in [1.807, 2.05) is 0 Å². The van der Waals surface area contributed by atoms with Crippen molar-refractivity contribution in [3.8, 4) is 5.75 Å². The van der Waals surface area contributed by atoms with Crippen LogP contribution in [0.25, 0.3) is 0 Å². The first-order chi connectivity index (χ1) is 13.0. The fraction of sp³-hybridized carbons (Fsp3) is 0.550. The monoisotopic (exact) mass is 377 g/mol. The number of hydrogen-bond acceptors (Lipinski definition) is 5. The maximum Gasteiger partial charge on any atom is 0.308 e. The number of aliphatic carboxylic acids is 1. The number of carbonyl (C=O) groups is 3. The van der Waals surface area contributed by atoms with E-state index in [4.69, 9.17) is 9.47 Å². The molecule has 27 heavy (non-hydrogen) atoms. The number of carboxylic acids is 1. The summed E-state index contributed by atoms with van der Waals surface area (Å²) in [6.45, 7) is 1.25. The molecule has 1 fully saturated rings. The van der Waals surface area contributed by atoms with Crippen LogP contribution in [0.1, 0.15) is 42.5 Å². The van der Waals surface area contributed by atoms with Gasteiger partial charge >= 0.3 is 5.97 Å². The van der Waals surface area contributed by atoms with Crippen molar-refractivity contribution < 1.29 is 29.0 Å². The molecule has 1 saturated heterocycles. The lowest BCUT2D eigenvalue weighted by Gasteiger charge is -2.27.